The molecule has 0 saturated heterocycles. The largest absolute Gasteiger partial charge is 0.396 e. The van der Waals surface area contributed by atoms with Gasteiger partial charge in [0.25, 0.3) is 0 Å². The first-order valence-electron chi connectivity index (χ1n) is 6.46. The number of nitriles is 1. The summed E-state index contributed by atoms with van der Waals surface area (Å²) in [6, 6.07) is 7.93. The predicted octanol–water partition coefficient (Wildman–Crippen LogP) is 3.08. The lowest BCUT2D eigenvalue weighted by molar-refractivity contribution is 0.127. The van der Waals surface area contributed by atoms with Crippen LogP contribution >= 0.6 is 0 Å². The van der Waals surface area contributed by atoms with Crippen molar-refractivity contribution in [2.45, 2.75) is 33.6 Å². The maximum atomic E-state index is 9.53. The molecule has 18 heavy (non-hydrogen) atoms. The van der Waals surface area contributed by atoms with Gasteiger partial charge < -0.3 is 10.4 Å². The minimum Gasteiger partial charge on any atom is -0.396 e. The van der Waals surface area contributed by atoms with Crippen molar-refractivity contribution in [2.75, 3.05) is 18.5 Å². The molecular formula is C15H22N2O. The van der Waals surface area contributed by atoms with Crippen LogP contribution in [-0.4, -0.2) is 18.3 Å². The molecule has 0 heterocycles. The minimum atomic E-state index is -0.101. The molecule has 3 nitrogen and oxygen atoms in total. The third kappa shape index (κ3) is 3.24. The molecule has 0 saturated carbocycles. The van der Waals surface area contributed by atoms with Crippen molar-refractivity contribution in [3.8, 4) is 6.07 Å². The van der Waals surface area contributed by atoms with E-state index in [0.29, 0.717) is 12.1 Å². The molecule has 0 fully saturated rings. The average molecular weight is 246 g/mol. The first-order chi connectivity index (χ1) is 8.60. The summed E-state index contributed by atoms with van der Waals surface area (Å²) in [6.07, 6.45) is 1.83. The summed E-state index contributed by atoms with van der Waals surface area (Å²) in [6.45, 7) is 7.03. The van der Waals surface area contributed by atoms with Crippen LogP contribution < -0.4 is 5.32 Å². The van der Waals surface area contributed by atoms with Gasteiger partial charge in [-0.15, -0.1) is 0 Å². The second-order valence-electron chi connectivity index (χ2n) is 4.88. The Morgan fingerprint density at radius 3 is 2.50 bits per heavy atom. The van der Waals surface area contributed by atoms with Crippen molar-refractivity contribution in [3.05, 3.63) is 29.3 Å². The third-order valence-electron chi connectivity index (χ3n) is 3.78. The normalized spacial score (nSPS) is 11.1. The number of hydrogen-bond donors (Lipinski definition) is 2. The smallest absolute Gasteiger partial charge is 0.101 e. The van der Waals surface area contributed by atoms with Crippen molar-refractivity contribution < 1.29 is 5.11 Å². The van der Waals surface area contributed by atoms with E-state index in [9.17, 15) is 5.11 Å². The number of nitrogens with one attached hydrogen (secondary N) is 1. The molecule has 1 rings (SSSR count). The molecular weight excluding hydrogens is 224 g/mol. The van der Waals surface area contributed by atoms with E-state index in [1.165, 1.54) is 0 Å². The van der Waals surface area contributed by atoms with Gasteiger partial charge in [0.1, 0.15) is 6.07 Å². The molecule has 0 aliphatic carbocycles. The molecule has 1 aromatic rings. The van der Waals surface area contributed by atoms with Crippen LogP contribution in [0.15, 0.2) is 18.2 Å². The highest BCUT2D eigenvalue weighted by Gasteiger charge is 2.25. The van der Waals surface area contributed by atoms with Crippen LogP contribution in [0.1, 0.15) is 37.8 Å². The summed E-state index contributed by atoms with van der Waals surface area (Å²) in [5, 5.41) is 21.9. The summed E-state index contributed by atoms with van der Waals surface area (Å²) >= 11 is 0. The second-order valence-corrected chi connectivity index (χ2v) is 4.88. The maximum Gasteiger partial charge on any atom is 0.101 e. The van der Waals surface area contributed by atoms with Crippen LogP contribution in [0.4, 0.5) is 5.69 Å². The number of aliphatic hydroxyl groups is 1. The zero-order valence-corrected chi connectivity index (χ0v) is 11.5. The Labute approximate surface area is 109 Å². The Hall–Kier alpha value is -1.53. The van der Waals surface area contributed by atoms with E-state index in [-0.39, 0.29) is 12.0 Å². The molecule has 0 aromatic heterocycles. The van der Waals surface area contributed by atoms with E-state index < -0.39 is 0 Å². The van der Waals surface area contributed by atoms with Crippen LogP contribution in [0, 0.1) is 23.7 Å². The average Bonchev–Trinajstić information content (AvgIpc) is 2.41. The zero-order chi connectivity index (χ0) is 13.6. The minimum absolute atomic E-state index is 0.101. The summed E-state index contributed by atoms with van der Waals surface area (Å²) in [5.41, 5.74) is 2.53. The van der Waals surface area contributed by atoms with Crippen molar-refractivity contribution in [1.29, 1.82) is 5.26 Å². The van der Waals surface area contributed by atoms with Gasteiger partial charge in [-0.1, -0.05) is 19.9 Å². The Balaban J connectivity index is 2.85. The lowest BCUT2D eigenvalue weighted by atomic mass is 9.83. The maximum absolute atomic E-state index is 9.53. The highest BCUT2D eigenvalue weighted by molar-refractivity contribution is 5.58. The lowest BCUT2D eigenvalue weighted by Gasteiger charge is -2.30. The molecule has 98 valence electrons. The molecule has 0 amide bonds. The van der Waals surface area contributed by atoms with Gasteiger partial charge in [-0.05, 0) is 37.5 Å². The van der Waals surface area contributed by atoms with Gasteiger partial charge in [0.05, 0.1) is 17.9 Å². The summed E-state index contributed by atoms with van der Waals surface area (Å²) in [5.74, 6) is 0. The van der Waals surface area contributed by atoms with Gasteiger partial charge in [0.2, 0.25) is 0 Å². The van der Waals surface area contributed by atoms with Gasteiger partial charge >= 0.3 is 0 Å². The van der Waals surface area contributed by atoms with E-state index in [1.807, 2.05) is 25.1 Å². The molecule has 0 radical (unpaired) electrons. The number of aliphatic hydroxyl groups excluding tert-OH is 1. The highest BCUT2D eigenvalue weighted by atomic mass is 16.3. The fraction of sp³-hybridized carbons (Fsp3) is 0.533. The first-order valence-corrected chi connectivity index (χ1v) is 6.46. The Morgan fingerprint density at radius 1 is 1.33 bits per heavy atom. The monoisotopic (exact) mass is 246 g/mol. The van der Waals surface area contributed by atoms with Gasteiger partial charge in [-0.3, -0.25) is 0 Å². The fourth-order valence-corrected chi connectivity index (χ4v) is 1.96. The molecule has 0 atom stereocenters. The third-order valence-corrected chi connectivity index (χ3v) is 3.78. The SMILES string of the molecule is CCC(CC)(CO)CNc1cc(C)ccc1C#N. The van der Waals surface area contributed by atoms with E-state index >= 15 is 0 Å². The van der Waals surface area contributed by atoms with Crippen LogP contribution in [0.5, 0.6) is 0 Å². The van der Waals surface area contributed by atoms with Gasteiger partial charge in [0.15, 0.2) is 0 Å². The van der Waals surface area contributed by atoms with Crippen LogP contribution in [-0.2, 0) is 0 Å². The van der Waals surface area contributed by atoms with Gasteiger partial charge in [-0.25, -0.2) is 0 Å². The Morgan fingerprint density at radius 2 is 2.00 bits per heavy atom. The molecule has 1 aromatic carbocycles. The van der Waals surface area contributed by atoms with Gasteiger partial charge in [0, 0.05) is 12.0 Å². The molecule has 0 aliphatic rings. The van der Waals surface area contributed by atoms with Crippen LogP contribution in [0.2, 0.25) is 0 Å². The summed E-state index contributed by atoms with van der Waals surface area (Å²) in [7, 11) is 0. The number of hydrogen-bond acceptors (Lipinski definition) is 3. The van der Waals surface area contributed by atoms with E-state index in [1.54, 1.807) is 0 Å². The number of anilines is 1. The summed E-state index contributed by atoms with van der Waals surface area (Å²) < 4.78 is 0. The van der Waals surface area contributed by atoms with Crippen molar-refractivity contribution >= 4 is 5.69 Å². The quantitative estimate of drug-likeness (QED) is 0.811. The topological polar surface area (TPSA) is 56.0 Å². The van der Waals surface area contributed by atoms with Crippen LogP contribution in [0.25, 0.3) is 0 Å². The van der Waals surface area contributed by atoms with Crippen molar-refractivity contribution in [2.24, 2.45) is 5.41 Å². The molecule has 0 spiro atoms. The fourth-order valence-electron chi connectivity index (χ4n) is 1.96. The molecule has 2 N–H and O–H groups in total. The zero-order valence-electron chi connectivity index (χ0n) is 11.5. The van der Waals surface area contributed by atoms with Crippen molar-refractivity contribution in [1.82, 2.24) is 0 Å². The predicted molar refractivity (Wildman–Crippen MR) is 74.5 cm³/mol. The van der Waals surface area contributed by atoms with Crippen LogP contribution in [0.3, 0.4) is 0 Å². The Kier molecular flexibility index (Phi) is 5.18. The summed E-state index contributed by atoms with van der Waals surface area (Å²) in [4.78, 5) is 0. The molecule has 3 heteroatoms. The Bertz CT molecular complexity index is 422. The molecule has 0 unspecified atom stereocenters. The molecule has 0 bridgehead atoms. The van der Waals surface area contributed by atoms with Gasteiger partial charge in [-0.2, -0.15) is 5.26 Å². The van der Waals surface area contributed by atoms with E-state index in [2.05, 4.69) is 25.2 Å². The van der Waals surface area contributed by atoms with Crippen molar-refractivity contribution in [3.63, 3.8) is 0 Å². The molecule has 0 aliphatic heterocycles. The number of rotatable bonds is 6. The lowest BCUT2D eigenvalue weighted by Crippen LogP contribution is -2.32. The van der Waals surface area contributed by atoms with E-state index in [4.69, 9.17) is 5.26 Å². The number of benzene rings is 1. The number of nitrogens with zero attached hydrogens (tertiary/aromatic N) is 1. The first kappa shape index (κ1) is 14.5. The highest BCUT2D eigenvalue weighted by Crippen LogP contribution is 2.27. The number of aryl methyl sites for hydroxylation is 1. The second kappa shape index (κ2) is 6.42. The standard InChI is InChI=1S/C15H22N2O/c1-4-15(5-2,11-18)10-17-14-8-12(3)6-7-13(14)9-16/h6-8,17-18H,4-5,10-11H2,1-3H3. The van der Waals surface area contributed by atoms with E-state index in [0.717, 1.165) is 24.1 Å².